The Bertz CT molecular complexity index is 1100. The van der Waals surface area contributed by atoms with Crippen molar-refractivity contribution in [1.82, 2.24) is 9.78 Å². The highest BCUT2D eigenvalue weighted by molar-refractivity contribution is 6.33. The lowest BCUT2D eigenvalue weighted by Crippen LogP contribution is -2.22. The molecule has 3 rings (SSSR count). The smallest absolute Gasteiger partial charge is 0.411 e. The van der Waals surface area contributed by atoms with Gasteiger partial charge >= 0.3 is 6.09 Å². The number of nitrogens with one attached hydrogen (secondary N) is 2. The van der Waals surface area contributed by atoms with Crippen molar-refractivity contribution in [2.75, 3.05) is 17.7 Å². The van der Waals surface area contributed by atoms with Crippen LogP contribution < -0.4 is 16.2 Å². The Kier molecular flexibility index (Phi) is 6.41. The zero-order valence-electron chi connectivity index (χ0n) is 15.7. The fourth-order valence-electron chi connectivity index (χ4n) is 2.53. The number of benzene rings is 2. The SMILES string of the molecule is COC(=O)Nc1ccc(CNc2cnn(-c3ccc(C)c(Cl)c3)c(=O)c2Cl)cc1. The highest BCUT2D eigenvalue weighted by atomic mass is 35.5. The van der Waals surface area contributed by atoms with Gasteiger partial charge in [-0.25, -0.2) is 4.79 Å². The lowest BCUT2D eigenvalue weighted by atomic mass is 10.2. The lowest BCUT2D eigenvalue weighted by molar-refractivity contribution is 0.187. The van der Waals surface area contributed by atoms with Crippen LogP contribution in [0.3, 0.4) is 0 Å². The molecule has 0 aliphatic heterocycles. The number of carbonyl (C=O) groups is 1. The van der Waals surface area contributed by atoms with Gasteiger partial charge in [0, 0.05) is 17.3 Å². The minimum Gasteiger partial charge on any atom is -0.453 e. The molecule has 1 heterocycles. The number of rotatable bonds is 5. The first-order chi connectivity index (χ1) is 13.9. The highest BCUT2D eigenvalue weighted by Gasteiger charge is 2.11. The van der Waals surface area contributed by atoms with Gasteiger partial charge in [-0.2, -0.15) is 9.78 Å². The molecule has 7 nitrogen and oxygen atoms in total. The summed E-state index contributed by atoms with van der Waals surface area (Å²) in [5.41, 5.74) is 2.94. The molecule has 2 N–H and O–H groups in total. The molecule has 2 aromatic carbocycles. The second-order valence-corrected chi connectivity index (χ2v) is 6.97. The van der Waals surface area contributed by atoms with E-state index in [2.05, 4.69) is 20.5 Å². The summed E-state index contributed by atoms with van der Waals surface area (Å²) in [5.74, 6) is 0. The first kappa shape index (κ1) is 20.7. The number of methoxy groups -OCH3 is 1. The van der Waals surface area contributed by atoms with Crippen molar-refractivity contribution in [2.45, 2.75) is 13.5 Å². The van der Waals surface area contributed by atoms with Crippen LogP contribution in [0.25, 0.3) is 5.69 Å². The molecule has 29 heavy (non-hydrogen) atoms. The molecule has 0 aliphatic rings. The van der Waals surface area contributed by atoms with Crippen molar-refractivity contribution >= 4 is 40.7 Å². The number of aryl methyl sites for hydroxylation is 1. The molecule has 3 aromatic rings. The number of amides is 1. The summed E-state index contributed by atoms with van der Waals surface area (Å²) in [4.78, 5) is 23.8. The molecule has 0 atom stereocenters. The maximum absolute atomic E-state index is 12.6. The molecular weight excluding hydrogens is 415 g/mol. The summed E-state index contributed by atoms with van der Waals surface area (Å²) < 4.78 is 5.75. The van der Waals surface area contributed by atoms with E-state index in [0.29, 0.717) is 28.6 Å². The van der Waals surface area contributed by atoms with Gasteiger partial charge in [0.1, 0.15) is 5.02 Å². The third-order valence-electron chi connectivity index (χ3n) is 4.19. The number of hydrogen-bond donors (Lipinski definition) is 2. The predicted molar refractivity (Wildman–Crippen MR) is 114 cm³/mol. The van der Waals surface area contributed by atoms with E-state index in [1.165, 1.54) is 18.0 Å². The molecule has 150 valence electrons. The summed E-state index contributed by atoms with van der Waals surface area (Å²) in [6.07, 6.45) is 0.953. The quantitative estimate of drug-likeness (QED) is 0.613. The molecule has 1 aromatic heterocycles. The molecule has 0 bridgehead atoms. The Balaban J connectivity index is 1.73. The molecule has 0 radical (unpaired) electrons. The van der Waals surface area contributed by atoms with Crippen molar-refractivity contribution in [3.05, 3.63) is 80.2 Å². The average Bonchev–Trinajstić information content (AvgIpc) is 2.72. The lowest BCUT2D eigenvalue weighted by Gasteiger charge is -2.11. The Morgan fingerprint density at radius 2 is 1.90 bits per heavy atom. The van der Waals surface area contributed by atoms with E-state index in [1.54, 1.807) is 24.3 Å². The molecule has 0 aliphatic carbocycles. The number of carbonyl (C=O) groups excluding carboxylic acids is 1. The second-order valence-electron chi connectivity index (χ2n) is 6.19. The van der Waals surface area contributed by atoms with Gasteiger partial charge in [-0.1, -0.05) is 41.4 Å². The molecule has 0 saturated carbocycles. The summed E-state index contributed by atoms with van der Waals surface area (Å²) in [5, 5.41) is 10.4. The Labute approximate surface area is 177 Å². The molecule has 0 unspecified atom stereocenters. The third kappa shape index (κ3) is 4.88. The van der Waals surface area contributed by atoms with Crippen molar-refractivity contribution < 1.29 is 9.53 Å². The zero-order chi connectivity index (χ0) is 21.0. The van der Waals surface area contributed by atoms with Gasteiger partial charge in [0.25, 0.3) is 5.56 Å². The van der Waals surface area contributed by atoms with Gasteiger partial charge in [-0.15, -0.1) is 0 Å². The van der Waals surface area contributed by atoms with Gasteiger partial charge in [0.15, 0.2) is 0 Å². The fourth-order valence-corrected chi connectivity index (χ4v) is 2.90. The summed E-state index contributed by atoms with van der Waals surface area (Å²) in [6, 6.07) is 12.4. The van der Waals surface area contributed by atoms with E-state index in [1.807, 2.05) is 25.1 Å². The topological polar surface area (TPSA) is 85.2 Å². The molecule has 0 saturated heterocycles. The van der Waals surface area contributed by atoms with Crippen LogP contribution in [0, 0.1) is 6.92 Å². The number of ether oxygens (including phenoxy) is 1. The zero-order valence-corrected chi connectivity index (χ0v) is 17.2. The van der Waals surface area contributed by atoms with E-state index >= 15 is 0 Å². The third-order valence-corrected chi connectivity index (χ3v) is 4.96. The standard InChI is InChI=1S/C20H18Cl2N4O3/c1-12-3-8-15(9-16(12)21)26-19(27)18(22)17(11-24-26)23-10-13-4-6-14(7-5-13)25-20(28)29-2/h3-9,11,23H,10H2,1-2H3,(H,25,28). The van der Waals surface area contributed by atoms with E-state index in [4.69, 9.17) is 23.2 Å². The van der Waals surface area contributed by atoms with Crippen LogP contribution in [0.15, 0.2) is 53.5 Å². The second kappa shape index (κ2) is 8.98. The normalized spacial score (nSPS) is 10.5. The largest absolute Gasteiger partial charge is 0.453 e. The van der Waals surface area contributed by atoms with Crippen molar-refractivity contribution in [2.24, 2.45) is 0 Å². The average molecular weight is 433 g/mol. The Morgan fingerprint density at radius 1 is 1.17 bits per heavy atom. The number of hydrogen-bond acceptors (Lipinski definition) is 5. The Morgan fingerprint density at radius 3 is 2.55 bits per heavy atom. The number of nitrogens with zero attached hydrogens (tertiary/aromatic N) is 2. The first-order valence-electron chi connectivity index (χ1n) is 8.61. The van der Waals surface area contributed by atoms with E-state index in [9.17, 15) is 9.59 Å². The van der Waals surface area contributed by atoms with Crippen LogP contribution in [-0.4, -0.2) is 23.0 Å². The van der Waals surface area contributed by atoms with Crippen LogP contribution in [-0.2, 0) is 11.3 Å². The number of anilines is 2. The van der Waals surface area contributed by atoms with Crippen LogP contribution in [0.2, 0.25) is 10.0 Å². The summed E-state index contributed by atoms with van der Waals surface area (Å²) >= 11 is 12.4. The van der Waals surface area contributed by atoms with E-state index in [0.717, 1.165) is 11.1 Å². The van der Waals surface area contributed by atoms with Crippen LogP contribution in [0.1, 0.15) is 11.1 Å². The molecular formula is C20H18Cl2N4O3. The Hall–Kier alpha value is -3.03. The first-order valence-corrected chi connectivity index (χ1v) is 9.37. The van der Waals surface area contributed by atoms with Crippen molar-refractivity contribution in [1.29, 1.82) is 0 Å². The van der Waals surface area contributed by atoms with Crippen LogP contribution >= 0.6 is 23.2 Å². The van der Waals surface area contributed by atoms with E-state index in [-0.39, 0.29) is 5.02 Å². The van der Waals surface area contributed by atoms with Gasteiger partial charge < -0.3 is 10.1 Å². The molecule has 9 heteroatoms. The van der Waals surface area contributed by atoms with E-state index < -0.39 is 11.7 Å². The minimum atomic E-state index is -0.538. The minimum absolute atomic E-state index is 0.0284. The summed E-state index contributed by atoms with van der Waals surface area (Å²) in [7, 11) is 1.30. The van der Waals surface area contributed by atoms with Gasteiger partial charge in [-0.3, -0.25) is 10.1 Å². The maximum Gasteiger partial charge on any atom is 0.411 e. The summed E-state index contributed by atoms with van der Waals surface area (Å²) in [6.45, 7) is 2.29. The number of aromatic nitrogens is 2. The molecule has 0 fully saturated rings. The molecule has 1 amide bonds. The maximum atomic E-state index is 12.6. The van der Waals surface area contributed by atoms with Gasteiger partial charge in [0.05, 0.1) is 24.7 Å². The predicted octanol–water partition coefficient (Wildman–Crippen LogP) is 4.64. The van der Waals surface area contributed by atoms with Gasteiger partial charge in [0.2, 0.25) is 0 Å². The monoisotopic (exact) mass is 432 g/mol. The van der Waals surface area contributed by atoms with Crippen LogP contribution in [0.5, 0.6) is 0 Å². The number of halogens is 2. The molecule has 0 spiro atoms. The highest BCUT2D eigenvalue weighted by Crippen LogP contribution is 2.21. The van der Waals surface area contributed by atoms with Crippen LogP contribution in [0.4, 0.5) is 16.2 Å². The van der Waals surface area contributed by atoms with Gasteiger partial charge in [-0.05, 0) is 42.3 Å². The van der Waals surface area contributed by atoms with Crippen molar-refractivity contribution in [3.63, 3.8) is 0 Å². The van der Waals surface area contributed by atoms with Crippen molar-refractivity contribution in [3.8, 4) is 5.69 Å². The fraction of sp³-hybridized carbons (Fsp3) is 0.150.